The van der Waals surface area contributed by atoms with E-state index in [1.54, 1.807) is 16.8 Å². The quantitative estimate of drug-likeness (QED) is 0.897. The number of halogens is 1. The molecule has 0 aliphatic rings. The minimum atomic E-state index is -3.70. The highest BCUT2D eigenvalue weighted by molar-refractivity contribution is 9.10. The summed E-state index contributed by atoms with van der Waals surface area (Å²) in [7, 11) is -3.70. The minimum Gasteiger partial charge on any atom is -0.450 e. The molecule has 0 spiro atoms. The molecule has 0 unspecified atom stereocenters. The third-order valence-corrected chi connectivity index (χ3v) is 4.85. The third kappa shape index (κ3) is 2.71. The number of aliphatic hydroxyl groups excluding tert-OH is 1. The van der Waals surface area contributed by atoms with Crippen molar-refractivity contribution < 1.29 is 17.9 Å². The van der Waals surface area contributed by atoms with E-state index in [0.717, 1.165) is 0 Å². The maximum atomic E-state index is 12.0. The van der Waals surface area contributed by atoms with Gasteiger partial charge in [-0.2, -0.15) is 11.3 Å². The van der Waals surface area contributed by atoms with Crippen LogP contribution in [-0.2, 0) is 16.6 Å². The van der Waals surface area contributed by atoms with Crippen molar-refractivity contribution in [2.45, 2.75) is 11.5 Å². The second kappa shape index (κ2) is 4.81. The van der Waals surface area contributed by atoms with Crippen molar-refractivity contribution in [3.8, 4) is 0 Å². The molecule has 2 N–H and O–H groups in total. The fourth-order valence-corrected chi connectivity index (χ4v) is 3.90. The zero-order valence-corrected chi connectivity index (χ0v) is 11.6. The molecule has 8 heteroatoms. The summed E-state index contributed by atoms with van der Waals surface area (Å²) in [5.74, 6) is 0.183. The van der Waals surface area contributed by atoms with Crippen molar-refractivity contribution in [2.24, 2.45) is 0 Å². The van der Waals surface area contributed by atoms with Crippen molar-refractivity contribution >= 4 is 43.0 Å². The summed E-state index contributed by atoms with van der Waals surface area (Å²) in [6, 6.07) is 2.93. The molecule has 2 rings (SSSR count). The number of furan rings is 1. The fraction of sp³-hybridized carbons (Fsp3) is 0.111. The highest BCUT2D eigenvalue weighted by Gasteiger charge is 2.22. The van der Waals surface area contributed by atoms with Gasteiger partial charge >= 0.3 is 0 Å². The zero-order chi connectivity index (χ0) is 12.5. The van der Waals surface area contributed by atoms with Gasteiger partial charge in [-0.05, 0) is 27.4 Å². The summed E-state index contributed by atoms with van der Waals surface area (Å²) in [6.45, 7) is -0.355. The van der Waals surface area contributed by atoms with Crippen LogP contribution < -0.4 is 4.72 Å². The van der Waals surface area contributed by atoms with E-state index in [1.165, 1.54) is 17.4 Å². The van der Waals surface area contributed by atoms with E-state index in [9.17, 15) is 8.42 Å². The first-order valence-corrected chi connectivity index (χ1v) is 7.69. The van der Waals surface area contributed by atoms with Crippen LogP contribution in [0.15, 0.2) is 36.9 Å². The SMILES string of the molecule is O=S(=O)(Nc1ccsc1)c1cc(CO)oc1Br. The van der Waals surface area contributed by atoms with Crippen LogP contribution in [0.5, 0.6) is 0 Å². The molecule has 0 aromatic carbocycles. The van der Waals surface area contributed by atoms with Crippen LogP contribution in [0.1, 0.15) is 5.76 Å². The molecule has 0 bridgehead atoms. The van der Waals surface area contributed by atoms with Crippen LogP contribution in [-0.4, -0.2) is 13.5 Å². The van der Waals surface area contributed by atoms with Gasteiger partial charge < -0.3 is 9.52 Å². The Kier molecular flexibility index (Phi) is 3.57. The first-order chi connectivity index (χ1) is 8.03. The Morgan fingerprint density at radius 3 is 2.82 bits per heavy atom. The van der Waals surface area contributed by atoms with Gasteiger partial charge in [-0.15, -0.1) is 0 Å². The molecule has 0 saturated carbocycles. The van der Waals surface area contributed by atoms with E-state index in [1.807, 2.05) is 0 Å². The molecule has 0 amide bonds. The maximum Gasteiger partial charge on any atom is 0.266 e. The molecule has 5 nitrogen and oxygen atoms in total. The van der Waals surface area contributed by atoms with Crippen molar-refractivity contribution in [1.29, 1.82) is 0 Å². The van der Waals surface area contributed by atoms with Gasteiger partial charge in [-0.25, -0.2) is 8.42 Å². The van der Waals surface area contributed by atoms with Gasteiger partial charge in [-0.1, -0.05) is 0 Å². The lowest BCUT2D eigenvalue weighted by molar-refractivity contribution is 0.245. The summed E-state index contributed by atoms with van der Waals surface area (Å²) < 4.78 is 31.4. The van der Waals surface area contributed by atoms with Crippen molar-refractivity contribution in [1.82, 2.24) is 0 Å². The molecule has 2 aromatic rings. The lowest BCUT2D eigenvalue weighted by Crippen LogP contribution is -2.11. The summed E-state index contributed by atoms with van der Waals surface area (Å²) in [6.07, 6.45) is 0. The predicted octanol–water partition coefficient (Wildman–Crippen LogP) is 2.40. The van der Waals surface area contributed by atoms with E-state index in [4.69, 9.17) is 9.52 Å². The van der Waals surface area contributed by atoms with E-state index in [0.29, 0.717) is 5.69 Å². The number of rotatable bonds is 4. The minimum absolute atomic E-state index is 0.0345. The Labute approximate surface area is 110 Å². The second-order valence-corrected chi connectivity index (χ2v) is 6.28. The van der Waals surface area contributed by atoms with Gasteiger partial charge in [0, 0.05) is 11.4 Å². The van der Waals surface area contributed by atoms with Gasteiger partial charge in [0.15, 0.2) is 4.67 Å². The Bertz CT molecular complexity index is 603. The first kappa shape index (κ1) is 12.6. The molecule has 92 valence electrons. The average molecular weight is 338 g/mol. The summed E-state index contributed by atoms with van der Waals surface area (Å²) in [5, 5.41) is 12.3. The molecule has 0 saturated heterocycles. The van der Waals surface area contributed by atoms with E-state index < -0.39 is 10.0 Å². The molecule has 17 heavy (non-hydrogen) atoms. The number of sulfonamides is 1. The molecule has 2 aromatic heterocycles. The summed E-state index contributed by atoms with van der Waals surface area (Å²) in [4.78, 5) is -0.0345. The average Bonchev–Trinajstić information content (AvgIpc) is 2.86. The van der Waals surface area contributed by atoms with Gasteiger partial charge in [0.2, 0.25) is 0 Å². The fourth-order valence-electron chi connectivity index (χ4n) is 1.19. The molecule has 2 heterocycles. The largest absolute Gasteiger partial charge is 0.450 e. The summed E-state index contributed by atoms with van der Waals surface area (Å²) in [5.41, 5.74) is 0.494. The molecule has 0 radical (unpaired) electrons. The molecule has 0 aliphatic carbocycles. The molecular weight excluding hydrogens is 330 g/mol. The highest BCUT2D eigenvalue weighted by Crippen LogP contribution is 2.28. The smallest absolute Gasteiger partial charge is 0.266 e. The summed E-state index contributed by atoms with van der Waals surface area (Å²) >= 11 is 4.39. The van der Waals surface area contributed by atoms with Crippen molar-refractivity contribution in [2.75, 3.05) is 4.72 Å². The van der Waals surface area contributed by atoms with E-state index in [2.05, 4.69) is 20.7 Å². The topological polar surface area (TPSA) is 79.5 Å². The Hall–Kier alpha value is -0.830. The van der Waals surface area contributed by atoms with E-state index >= 15 is 0 Å². The number of hydrogen-bond acceptors (Lipinski definition) is 5. The van der Waals surface area contributed by atoms with Crippen LogP contribution in [0.4, 0.5) is 5.69 Å². The Morgan fingerprint density at radius 2 is 2.29 bits per heavy atom. The lowest BCUT2D eigenvalue weighted by atomic mass is 10.5. The third-order valence-electron chi connectivity index (χ3n) is 1.93. The number of nitrogens with one attached hydrogen (secondary N) is 1. The van der Waals surface area contributed by atoms with E-state index in [-0.39, 0.29) is 21.9 Å². The van der Waals surface area contributed by atoms with Crippen molar-refractivity contribution in [3.63, 3.8) is 0 Å². The van der Waals surface area contributed by atoms with Gasteiger partial charge in [-0.3, -0.25) is 4.72 Å². The van der Waals surface area contributed by atoms with Gasteiger partial charge in [0.25, 0.3) is 10.0 Å². The van der Waals surface area contributed by atoms with Gasteiger partial charge in [0.1, 0.15) is 17.3 Å². The molecular formula is C9H8BrNO4S2. The first-order valence-electron chi connectivity index (χ1n) is 4.47. The van der Waals surface area contributed by atoms with Crippen LogP contribution in [0.3, 0.4) is 0 Å². The van der Waals surface area contributed by atoms with Crippen LogP contribution in [0.2, 0.25) is 0 Å². The second-order valence-electron chi connectivity index (χ2n) is 3.13. The van der Waals surface area contributed by atoms with Gasteiger partial charge in [0.05, 0.1) is 5.69 Å². The highest BCUT2D eigenvalue weighted by atomic mass is 79.9. The van der Waals surface area contributed by atoms with Crippen LogP contribution in [0, 0.1) is 0 Å². The van der Waals surface area contributed by atoms with Crippen LogP contribution in [0.25, 0.3) is 0 Å². The molecule has 0 atom stereocenters. The number of aliphatic hydroxyl groups is 1. The number of hydrogen-bond donors (Lipinski definition) is 2. The number of thiophene rings is 1. The number of anilines is 1. The predicted molar refractivity (Wildman–Crippen MR) is 67.5 cm³/mol. The Morgan fingerprint density at radius 1 is 1.53 bits per heavy atom. The monoisotopic (exact) mass is 337 g/mol. The van der Waals surface area contributed by atoms with Crippen molar-refractivity contribution in [3.05, 3.63) is 33.3 Å². The Balaban J connectivity index is 2.34. The maximum absolute atomic E-state index is 12.0. The molecule has 0 fully saturated rings. The lowest BCUT2D eigenvalue weighted by Gasteiger charge is -2.03. The zero-order valence-electron chi connectivity index (χ0n) is 8.38. The normalized spacial score (nSPS) is 11.6. The van der Waals surface area contributed by atoms with Crippen LogP contribution >= 0.6 is 27.3 Å². The molecule has 0 aliphatic heterocycles. The standard InChI is InChI=1S/C9H8BrNO4S2/c10-9-8(3-7(4-12)15-9)17(13,14)11-6-1-2-16-5-6/h1-3,5,11-12H,4H2.